The molecule has 0 fully saturated rings. The van der Waals surface area contributed by atoms with Crippen molar-refractivity contribution in [3.8, 4) is 11.5 Å². The van der Waals surface area contributed by atoms with Gasteiger partial charge in [-0.2, -0.15) is 0 Å². The van der Waals surface area contributed by atoms with E-state index in [1.165, 1.54) is 0 Å². The van der Waals surface area contributed by atoms with Crippen LogP contribution in [0.25, 0.3) is 0 Å². The van der Waals surface area contributed by atoms with Crippen LogP contribution in [0.15, 0.2) is 18.2 Å². The molecule has 1 aromatic rings. The first-order chi connectivity index (χ1) is 8.65. The fourth-order valence-electron chi connectivity index (χ4n) is 2.25. The molecular weight excluding hydrogens is 228 g/mol. The highest BCUT2D eigenvalue weighted by atomic mass is 16.5. The van der Waals surface area contributed by atoms with Crippen molar-refractivity contribution in [1.29, 1.82) is 0 Å². The molecular formula is C15H24O3. The Labute approximate surface area is 110 Å². The highest BCUT2D eigenvalue weighted by molar-refractivity contribution is 5.43. The van der Waals surface area contributed by atoms with Gasteiger partial charge < -0.3 is 14.6 Å². The molecule has 0 aliphatic heterocycles. The van der Waals surface area contributed by atoms with Gasteiger partial charge in [0.2, 0.25) is 0 Å². The first-order valence-corrected chi connectivity index (χ1v) is 6.55. The number of benzene rings is 1. The molecule has 3 heteroatoms. The Hall–Kier alpha value is -1.22. The van der Waals surface area contributed by atoms with Crippen LogP contribution in [0.2, 0.25) is 0 Å². The smallest absolute Gasteiger partial charge is 0.160 e. The molecule has 1 unspecified atom stereocenters. The minimum Gasteiger partial charge on any atom is -0.493 e. The fourth-order valence-corrected chi connectivity index (χ4v) is 2.25. The number of hydrogen-bond donors (Lipinski definition) is 1. The quantitative estimate of drug-likeness (QED) is 0.810. The summed E-state index contributed by atoms with van der Waals surface area (Å²) in [6.07, 6.45) is 2.38. The van der Waals surface area contributed by atoms with Gasteiger partial charge >= 0.3 is 0 Å². The van der Waals surface area contributed by atoms with E-state index in [9.17, 15) is 5.11 Å². The Balaban J connectivity index is 2.78. The first kappa shape index (κ1) is 14.8. The van der Waals surface area contributed by atoms with Crippen LogP contribution in [0.3, 0.4) is 0 Å². The zero-order chi connectivity index (χ0) is 13.5. The van der Waals surface area contributed by atoms with E-state index in [1.807, 2.05) is 18.2 Å². The van der Waals surface area contributed by atoms with E-state index in [-0.39, 0.29) is 6.10 Å². The Morgan fingerprint density at radius 1 is 1.06 bits per heavy atom. The highest BCUT2D eigenvalue weighted by Gasteiger charge is 2.16. The van der Waals surface area contributed by atoms with E-state index in [4.69, 9.17) is 9.47 Å². The molecule has 0 aliphatic carbocycles. The molecule has 0 spiro atoms. The summed E-state index contributed by atoms with van der Waals surface area (Å²) in [6.45, 7) is 4.23. The summed E-state index contributed by atoms with van der Waals surface area (Å²) < 4.78 is 10.5. The van der Waals surface area contributed by atoms with Crippen LogP contribution in [0.5, 0.6) is 11.5 Å². The van der Waals surface area contributed by atoms with Crippen molar-refractivity contribution in [1.82, 2.24) is 0 Å². The van der Waals surface area contributed by atoms with Crippen molar-refractivity contribution in [2.24, 2.45) is 5.92 Å². The van der Waals surface area contributed by atoms with E-state index < -0.39 is 0 Å². The molecule has 3 nitrogen and oxygen atoms in total. The van der Waals surface area contributed by atoms with Crippen LogP contribution in [-0.2, 0) is 6.42 Å². The van der Waals surface area contributed by atoms with Gasteiger partial charge in [0.25, 0.3) is 0 Å². The van der Waals surface area contributed by atoms with E-state index in [1.54, 1.807) is 14.2 Å². The van der Waals surface area contributed by atoms with Crippen LogP contribution >= 0.6 is 0 Å². The number of methoxy groups -OCH3 is 2. The van der Waals surface area contributed by atoms with Crippen molar-refractivity contribution in [3.05, 3.63) is 23.8 Å². The van der Waals surface area contributed by atoms with E-state index >= 15 is 0 Å². The second kappa shape index (κ2) is 7.27. The standard InChI is InChI=1S/C15H24O3/c1-5-12(6-2)13(16)9-11-7-8-14(17-3)15(10-11)18-4/h7-8,10,12-13,16H,5-6,9H2,1-4H3. The maximum atomic E-state index is 10.2. The van der Waals surface area contributed by atoms with Gasteiger partial charge in [-0.3, -0.25) is 0 Å². The van der Waals surface area contributed by atoms with Gasteiger partial charge in [-0.25, -0.2) is 0 Å². The third kappa shape index (κ3) is 3.64. The minimum absolute atomic E-state index is 0.293. The average molecular weight is 252 g/mol. The van der Waals surface area contributed by atoms with Crippen molar-refractivity contribution >= 4 is 0 Å². The Kier molecular flexibility index (Phi) is 5.99. The third-order valence-corrected chi connectivity index (χ3v) is 3.49. The van der Waals surface area contributed by atoms with Gasteiger partial charge in [0.05, 0.1) is 20.3 Å². The Morgan fingerprint density at radius 2 is 1.67 bits per heavy atom. The van der Waals surface area contributed by atoms with Gasteiger partial charge in [-0.1, -0.05) is 32.8 Å². The van der Waals surface area contributed by atoms with Crippen molar-refractivity contribution < 1.29 is 14.6 Å². The molecule has 1 atom stereocenters. The molecule has 1 rings (SSSR count). The normalized spacial score (nSPS) is 12.6. The summed E-state index contributed by atoms with van der Waals surface area (Å²) in [7, 11) is 3.25. The molecule has 0 radical (unpaired) electrons. The summed E-state index contributed by atoms with van der Waals surface area (Å²) in [4.78, 5) is 0. The summed E-state index contributed by atoms with van der Waals surface area (Å²) >= 11 is 0. The van der Waals surface area contributed by atoms with E-state index in [0.717, 1.165) is 24.2 Å². The molecule has 1 N–H and O–H groups in total. The van der Waals surface area contributed by atoms with Crippen LogP contribution < -0.4 is 9.47 Å². The van der Waals surface area contributed by atoms with Crippen LogP contribution in [-0.4, -0.2) is 25.4 Å². The topological polar surface area (TPSA) is 38.7 Å². The SMILES string of the molecule is CCC(CC)C(O)Cc1ccc(OC)c(OC)c1. The highest BCUT2D eigenvalue weighted by Crippen LogP contribution is 2.28. The number of aliphatic hydroxyl groups excluding tert-OH is 1. The maximum absolute atomic E-state index is 10.2. The molecule has 102 valence electrons. The van der Waals surface area contributed by atoms with Crippen LogP contribution in [0.1, 0.15) is 32.3 Å². The molecule has 0 saturated heterocycles. The van der Waals surface area contributed by atoms with Gasteiger partial charge in [-0.15, -0.1) is 0 Å². The molecule has 0 aliphatic rings. The van der Waals surface area contributed by atoms with Crippen LogP contribution in [0.4, 0.5) is 0 Å². The summed E-state index contributed by atoms with van der Waals surface area (Å²) in [5.74, 6) is 1.79. The Morgan fingerprint density at radius 3 is 2.17 bits per heavy atom. The molecule has 0 heterocycles. The summed E-state index contributed by atoms with van der Waals surface area (Å²) in [5, 5.41) is 10.2. The lowest BCUT2D eigenvalue weighted by molar-refractivity contribution is 0.103. The Bertz CT molecular complexity index is 359. The first-order valence-electron chi connectivity index (χ1n) is 6.55. The van der Waals surface area contributed by atoms with E-state index in [0.29, 0.717) is 18.1 Å². The average Bonchev–Trinajstić information content (AvgIpc) is 2.40. The monoisotopic (exact) mass is 252 g/mol. The van der Waals surface area contributed by atoms with Gasteiger partial charge in [0, 0.05) is 0 Å². The second-order valence-electron chi connectivity index (χ2n) is 4.54. The van der Waals surface area contributed by atoms with Gasteiger partial charge in [-0.05, 0) is 30.0 Å². The van der Waals surface area contributed by atoms with Crippen LogP contribution in [0, 0.1) is 5.92 Å². The summed E-state index contributed by atoms with van der Waals surface area (Å²) in [5.41, 5.74) is 1.08. The zero-order valence-corrected chi connectivity index (χ0v) is 11.8. The number of rotatable bonds is 7. The van der Waals surface area contributed by atoms with Crippen molar-refractivity contribution in [3.63, 3.8) is 0 Å². The molecule has 1 aromatic carbocycles. The lowest BCUT2D eigenvalue weighted by Gasteiger charge is -2.20. The van der Waals surface area contributed by atoms with Gasteiger partial charge in [0.1, 0.15) is 0 Å². The summed E-state index contributed by atoms with van der Waals surface area (Å²) in [6, 6.07) is 5.80. The predicted octanol–water partition coefficient (Wildman–Crippen LogP) is 3.04. The van der Waals surface area contributed by atoms with E-state index in [2.05, 4.69) is 13.8 Å². The largest absolute Gasteiger partial charge is 0.493 e. The number of aliphatic hydroxyl groups is 1. The van der Waals surface area contributed by atoms with Gasteiger partial charge in [0.15, 0.2) is 11.5 Å². The molecule has 0 saturated carbocycles. The fraction of sp³-hybridized carbons (Fsp3) is 0.600. The molecule has 0 amide bonds. The maximum Gasteiger partial charge on any atom is 0.160 e. The lowest BCUT2D eigenvalue weighted by atomic mass is 9.92. The zero-order valence-electron chi connectivity index (χ0n) is 11.8. The van der Waals surface area contributed by atoms with Crippen molar-refractivity contribution in [2.45, 2.75) is 39.2 Å². The predicted molar refractivity (Wildman–Crippen MR) is 73.3 cm³/mol. The molecule has 0 bridgehead atoms. The second-order valence-corrected chi connectivity index (χ2v) is 4.54. The third-order valence-electron chi connectivity index (χ3n) is 3.49. The van der Waals surface area contributed by atoms with Crippen molar-refractivity contribution in [2.75, 3.05) is 14.2 Å². The number of ether oxygens (including phenoxy) is 2. The molecule has 0 aromatic heterocycles. The lowest BCUT2D eigenvalue weighted by Crippen LogP contribution is -2.21. The minimum atomic E-state index is -0.293. The number of hydrogen-bond acceptors (Lipinski definition) is 3. The molecule has 18 heavy (non-hydrogen) atoms.